The maximum atomic E-state index is 10.8. The number of hydrogen-bond donors (Lipinski definition) is 1. The number of hydrogen-bond acceptors (Lipinski definition) is 2. The van der Waals surface area contributed by atoms with Crippen LogP contribution in [0.4, 0.5) is 0 Å². The summed E-state index contributed by atoms with van der Waals surface area (Å²) >= 11 is 0. The number of carbonyl (C=O) groups is 1. The van der Waals surface area contributed by atoms with Crippen LogP contribution in [0.25, 0.3) is 0 Å². The Hall–Kier alpha value is -0.271. The van der Waals surface area contributed by atoms with Gasteiger partial charge in [0.1, 0.15) is 0 Å². The zero-order chi connectivity index (χ0) is 6.85. The summed E-state index contributed by atoms with van der Waals surface area (Å²) in [6, 6.07) is 0. The quantitative estimate of drug-likeness (QED) is 0.357. The van der Waals surface area contributed by atoms with Gasteiger partial charge in [-0.15, -0.1) is 0 Å². The number of allylic oxidation sites excluding steroid dienone is 2. The average molecular weight is 190 g/mol. The van der Waals surface area contributed by atoms with Gasteiger partial charge in [0.15, 0.2) is 5.78 Å². The first-order valence-corrected chi connectivity index (χ1v) is 3.13. The van der Waals surface area contributed by atoms with Crippen LogP contribution < -0.4 is 0 Å². The van der Waals surface area contributed by atoms with E-state index < -0.39 is 0 Å². The predicted molar refractivity (Wildman–Crippen MR) is 34.2 cm³/mol. The molecular formula is C7H10CuO2+2. The molecule has 1 aliphatic rings. The Bertz CT molecular complexity index is 168. The SMILES string of the molecule is CC(O)=C1CCCC1=O.[Cu+2]. The van der Waals surface area contributed by atoms with Crippen LogP contribution in [0, 0.1) is 0 Å². The summed E-state index contributed by atoms with van der Waals surface area (Å²) in [5.41, 5.74) is 0.634. The summed E-state index contributed by atoms with van der Waals surface area (Å²) in [7, 11) is 0. The molecule has 10 heavy (non-hydrogen) atoms. The van der Waals surface area contributed by atoms with Crippen LogP contribution in [0.1, 0.15) is 26.2 Å². The van der Waals surface area contributed by atoms with Crippen molar-refractivity contribution < 1.29 is 27.0 Å². The molecule has 0 atom stereocenters. The third-order valence-electron chi connectivity index (χ3n) is 1.60. The average Bonchev–Trinajstić information content (AvgIpc) is 2.13. The summed E-state index contributed by atoms with van der Waals surface area (Å²) < 4.78 is 0. The second kappa shape index (κ2) is 3.79. The molecule has 0 heterocycles. The van der Waals surface area contributed by atoms with Crippen LogP contribution in [-0.2, 0) is 21.9 Å². The van der Waals surface area contributed by atoms with Gasteiger partial charge >= 0.3 is 17.1 Å². The van der Waals surface area contributed by atoms with E-state index in [9.17, 15) is 4.79 Å². The van der Waals surface area contributed by atoms with E-state index in [0.717, 1.165) is 12.8 Å². The monoisotopic (exact) mass is 189 g/mol. The van der Waals surface area contributed by atoms with Crippen molar-refractivity contribution in [3.8, 4) is 0 Å². The Morgan fingerprint density at radius 1 is 1.50 bits per heavy atom. The van der Waals surface area contributed by atoms with Crippen LogP contribution in [-0.4, -0.2) is 10.9 Å². The van der Waals surface area contributed by atoms with Gasteiger partial charge in [-0.3, -0.25) is 4.79 Å². The topological polar surface area (TPSA) is 37.3 Å². The van der Waals surface area contributed by atoms with E-state index in [-0.39, 0.29) is 28.6 Å². The summed E-state index contributed by atoms with van der Waals surface area (Å²) in [4.78, 5) is 10.8. The summed E-state index contributed by atoms with van der Waals surface area (Å²) in [5.74, 6) is 0.326. The van der Waals surface area contributed by atoms with Crippen molar-refractivity contribution in [3.63, 3.8) is 0 Å². The smallest absolute Gasteiger partial charge is 0.512 e. The number of aliphatic hydroxyl groups excluding tert-OH is 1. The molecule has 0 bridgehead atoms. The van der Waals surface area contributed by atoms with Crippen molar-refractivity contribution in [1.29, 1.82) is 0 Å². The van der Waals surface area contributed by atoms with Gasteiger partial charge in [0, 0.05) is 12.0 Å². The Balaban J connectivity index is 0.000000810. The van der Waals surface area contributed by atoms with Crippen LogP contribution >= 0.6 is 0 Å². The van der Waals surface area contributed by atoms with Gasteiger partial charge in [0.25, 0.3) is 0 Å². The van der Waals surface area contributed by atoms with E-state index in [1.807, 2.05) is 0 Å². The molecule has 1 saturated carbocycles. The second-order valence-electron chi connectivity index (χ2n) is 2.34. The van der Waals surface area contributed by atoms with E-state index in [2.05, 4.69) is 0 Å². The first kappa shape index (κ1) is 9.73. The van der Waals surface area contributed by atoms with Crippen molar-refractivity contribution >= 4 is 5.78 Å². The molecule has 3 heteroatoms. The third kappa shape index (κ3) is 1.86. The molecule has 1 rings (SSSR count). The van der Waals surface area contributed by atoms with Crippen molar-refractivity contribution in [3.05, 3.63) is 11.3 Å². The standard InChI is InChI=1S/C7H10O2.Cu/c1-5(8)6-3-2-4-7(6)9;/h8H,2-4H2,1H3;/q;+2. The minimum absolute atomic E-state index is 0. The number of rotatable bonds is 0. The molecule has 1 radical (unpaired) electrons. The van der Waals surface area contributed by atoms with E-state index in [1.165, 1.54) is 0 Å². The number of carbonyl (C=O) groups excluding carboxylic acids is 1. The van der Waals surface area contributed by atoms with Crippen LogP contribution in [0.5, 0.6) is 0 Å². The van der Waals surface area contributed by atoms with Gasteiger partial charge < -0.3 is 5.11 Å². The number of aliphatic hydroxyl groups is 1. The maximum Gasteiger partial charge on any atom is 2.00 e. The van der Waals surface area contributed by atoms with Gasteiger partial charge in [0.2, 0.25) is 0 Å². The van der Waals surface area contributed by atoms with Gasteiger partial charge in [0.05, 0.1) is 5.76 Å². The molecule has 59 valence electrons. The molecule has 2 nitrogen and oxygen atoms in total. The van der Waals surface area contributed by atoms with Gasteiger partial charge in [-0.1, -0.05) is 0 Å². The second-order valence-corrected chi connectivity index (χ2v) is 2.34. The molecular weight excluding hydrogens is 180 g/mol. The molecule has 0 unspecified atom stereocenters. The van der Waals surface area contributed by atoms with Gasteiger partial charge in [-0.05, 0) is 19.8 Å². The van der Waals surface area contributed by atoms with Crippen molar-refractivity contribution in [2.75, 3.05) is 0 Å². The summed E-state index contributed by atoms with van der Waals surface area (Å²) in [5, 5.41) is 8.88. The van der Waals surface area contributed by atoms with E-state index in [4.69, 9.17) is 5.11 Å². The molecule has 1 fully saturated rings. The Kier molecular flexibility index (Phi) is 3.69. The molecule has 1 N–H and O–H groups in total. The molecule has 0 aromatic rings. The molecule has 0 saturated heterocycles. The molecule has 0 aromatic carbocycles. The van der Waals surface area contributed by atoms with E-state index in [0.29, 0.717) is 12.0 Å². The van der Waals surface area contributed by atoms with Crippen molar-refractivity contribution in [2.24, 2.45) is 0 Å². The minimum Gasteiger partial charge on any atom is -0.512 e. The maximum absolute atomic E-state index is 10.8. The van der Waals surface area contributed by atoms with Crippen LogP contribution in [0.2, 0.25) is 0 Å². The Morgan fingerprint density at radius 2 is 2.10 bits per heavy atom. The predicted octanol–water partition coefficient (Wildman–Crippen LogP) is 1.57. The largest absolute Gasteiger partial charge is 2.00 e. The molecule has 0 amide bonds. The molecule has 0 aromatic heterocycles. The summed E-state index contributed by atoms with van der Waals surface area (Å²) in [6.45, 7) is 1.57. The zero-order valence-corrected chi connectivity index (χ0v) is 6.72. The fourth-order valence-electron chi connectivity index (χ4n) is 1.10. The van der Waals surface area contributed by atoms with Crippen molar-refractivity contribution in [2.45, 2.75) is 26.2 Å². The van der Waals surface area contributed by atoms with Crippen LogP contribution in [0.15, 0.2) is 11.3 Å². The molecule has 0 spiro atoms. The number of ketones is 1. The first-order chi connectivity index (χ1) is 4.22. The molecule has 1 aliphatic carbocycles. The fourth-order valence-corrected chi connectivity index (χ4v) is 1.10. The third-order valence-corrected chi connectivity index (χ3v) is 1.60. The van der Waals surface area contributed by atoms with E-state index >= 15 is 0 Å². The van der Waals surface area contributed by atoms with Crippen molar-refractivity contribution in [1.82, 2.24) is 0 Å². The number of Topliss-reactive ketones (excluding diaryl/α,β-unsaturated/α-hetero) is 1. The Morgan fingerprint density at radius 3 is 2.30 bits per heavy atom. The van der Waals surface area contributed by atoms with E-state index in [1.54, 1.807) is 6.92 Å². The normalized spacial score (nSPS) is 22.3. The Labute approximate surface area is 70.8 Å². The minimum atomic E-state index is 0. The zero-order valence-electron chi connectivity index (χ0n) is 5.78. The molecule has 0 aliphatic heterocycles. The fraction of sp³-hybridized carbons (Fsp3) is 0.571. The van der Waals surface area contributed by atoms with Gasteiger partial charge in [-0.2, -0.15) is 0 Å². The van der Waals surface area contributed by atoms with Crippen LogP contribution in [0.3, 0.4) is 0 Å². The summed E-state index contributed by atoms with van der Waals surface area (Å²) in [6.07, 6.45) is 2.29. The van der Waals surface area contributed by atoms with Gasteiger partial charge in [-0.25, -0.2) is 0 Å². The first-order valence-electron chi connectivity index (χ1n) is 3.13.